The van der Waals surface area contributed by atoms with Crippen molar-refractivity contribution in [1.82, 2.24) is 0 Å². The number of aryl methyl sites for hydroxylation is 1. The lowest BCUT2D eigenvalue weighted by Crippen LogP contribution is -2.27. The molecule has 0 fully saturated rings. The molecule has 1 aliphatic carbocycles. The molecule has 2 rings (SSSR count). The molecule has 1 N–H and O–H groups in total. The molecule has 0 saturated heterocycles. The largest absolute Gasteiger partial charge is 0.386 e. The second kappa shape index (κ2) is 5.31. The van der Waals surface area contributed by atoms with Crippen molar-refractivity contribution in [2.24, 2.45) is 0 Å². The molecule has 0 bridgehead atoms. The predicted molar refractivity (Wildman–Crippen MR) is 67.3 cm³/mol. The van der Waals surface area contributed by atoms with E-state index in [9.17, 15) is 5.11 Å². The monoisotopic (exact) mass is 216 g/mol. The second-order valence-corrected chi connectivity index (χ2v) is 4.74. The van der Waals surface area contributed by atoms with Crippen LogP contribution in [0.5, 0.6) is 0 Å². The third-order valence-corrected chi connectivity index (χ3v) is 3.33. The van der Waals surface area contributed by atoms with Gasteiger partial charge in [-0.05, 0) is 44.1 Å². The molecule has 16 heavy (non-hydrogen) atoms. The van der Waals surface area contributed by atoms with Crippen LogP contribution in [0.2, 0.25) is 0 Å². The fraction of sp³-hybridized carbons (Fsp3) is 0.467. The van der Waals surface area contributed by atoms with Crippen LogP contribution in [0.25, 0.3) is 0 Å². The summed E-state index contributed by atoms with van der Waals surface area (Å²) >= 11 is 0. The Hall–Kier alpha value is -1.08. The van der Waals surface area contributed by atoms with Gasteiger partial charge in [0.1, 0.15) is 0 Å². The van der Waals surface area contributed by atoms with Crippen molar-refractivity contribution in [3.05, 3.63) is 48.0 Å². The first-order valence-corrected chi connectivity index (χ1v) is 6.23. The van der Waals surface area contributed by atoms with Crippen LogP contribution in [0.1, 0.15) is 37.7 Å². The number of hydrogen-bond acceptors (Lipinski definition) is 1. The van der Waals surface area contributed by atoms with E-state index < -0.39 is 5.60 Å². The van der Waals surface area contributed by atoms with Gasteiger partial charge in [-0.1, -0.05) is 42.5 Å². The van der Waals surface area contributed by atoms with Gasteiger partial charge in [0, 0.05) is 0 Å². The van der Waals surface area contributed by atoms with E-state index in [0.717, 1.165) is 38.5 Å². The molecular formula is C15H20O. The van der Waals surface area contributed by atoms with Crippen LogP contribution in [-0.4, -0.2) is 10.7 Å². The smallest absolute Gasteiger partial charge is 0.0827 e. The topological polar surface area (TPSA) is 20.2 Å². The lowest BCUT2D eigenvalue weighted by molar-refractivity contribution is 0.0636. The third-order valence-electron chi connectivity index (χ3n) is 3.33. The Morgan fingerprint density at radius 3 is 2.69 bits per heavy atom. The Labute approximate surface area is 97.8 Å². The molecule has 1 aliphatic rings. The van der Waals surface area contributed by atoms with Crippen LogP contribution in [0.15, 0.2) is 42.5 Å². The minimum Gasteiger partial charge on any atom is -0.386 e. The Kier molecular flexibility index (Phi) is 3.79. The van der Waals surface area contributed by atoms with Gasteiger partial charge >= 0.3 is 0 Å². The predicted octanol–water partition coefficient (Wildman–Crippen LogP) is 3.48. The molecule has 1 aromatic rings. The van der Waals surface area contributed by atoms with Gasteiger partial charge in [-0.2, -0.15) is 0 Å². The average Bonchev–Trinajstić information content (AvgIpc) is 2.31. The SMILES string of the molecule is OC1(CCCc2ccccc2)C=CCCC1. The zero-order valence-electron chi connectivity index (χ0n) is 9.73. The zero-order valence-corrected chi connectivity index (χ0v) is 9.73. The number of hydrogen-bond donors (Lipinski definition) is 1. The molecule has 1 aromatic carbocycles. The molecule has 0 aromatic heterocycles. The van der Waals surface area contributed by atoms with Crippen LogP contribution in [0.3, 0.4) is 0 Å². The van der Waals surface area contributed by atoms with E-state index in [1.165, 1.54) is 5.56 Å². The maximum atomic E-state index is 10.3. The van der Waals surface area contributed by atoms with Gasteiger partial charge < -0.3 is 5.11 Å². The highest BCUT2D eigenvalue weighted by Crippen LogP contribution is 2.27. The van der Waals surface area contributed by atoms with Crippen molar-refractivity contribution in [3.63, 3.8) is 0 Å². The van der Waals surface area contributed by atoms with Gasteiger partial charge in [0.05, 0.1) is 5.60 Å². The van der Waals surface area contributed by atoms with E-state index in [4.69, 9.17) is 0 Å². The van der Waals surface area contributed by atoms with Crippen LogP contribution < -0.4 is 0 Å². The van der Waals surface area contributed by atoms with Crippen molar-refractivity contribution < 1.29 is 5.11 Å². The minimum absolute atomic E-state index is 0.521. The first-order chi connectivity index (χ1) is 7.79. The third kappa shape index (κ3) is 3.21. The van der Waals surface area contributed by atoms with E-state index in [1.807, 2.05) is 12.1 Å². The molecule has 0 spiro atoms. The molecule has 0 heterocycles. The Balaban J connectivity index is 1.80. The summed E-state index contributed by atoms with van der Waals surface area (Å²) < 4.78 is 0. The van der Waals surface area contributed by atoms with Crippen molar-refractivity contribution in [1.29, 1.82) is 0 Å². The Morgan fingerprint density at radius 1 is 1.19 bits per heavy atom. The summed E-state index contributed by atoms with van der Waals surface area (Å²) in [5, 5.41) is 10.3. The summed E-state index contributed by atoms with van der Waals surface area (Å²) in [4.78, 5) is 0. The molecule has 0 amide bonds. The highest BCUT2D eigenvalue weighted by atomic mass is 16.3. The maximum Gasteiger partial charge on any atom is 0.0827 e. The standard InChI is InChI=1S/C15H20O/c16-15(11-5-2-6-12-15)13-7-10-14-8-3-1-4-9-14/h1,3-5,8-9,11,16H,2,6-7,10,12-13H2. The number of allylic oxidation sites excluding steroid dienone is 1. The van der Waals surface area contributed by atoms with Crippen molar-refractivity contribution in [2.45, 2.75) is 44.1 Å². The van der Waals surface area contributed by atoms with E-state index in [1.54, 1.807) is 0 Å². The maximum absolute atomic E-state index is 10.3. The van der Waals surface area contributed by atoms with E-state index in [-0.39, 0.29) is 0 Å². The molecule has 86 valence electrons. The number of rotatable bonds is 4. The van der Waals surface area contributed by atoms with Crippen LogP contribution in [0.4, 0.5) is 0 Å². The van der Waals surface area contributed by atoms with E-state index in [2.05, 4.69) is 30.3 Å². The summed E-state index contributed by atoms with van der Waals surface area (Å²) in [6, 6.07) is 10.5. The van der Waals surface area contributed by atoms with E-state index in [0.29, 0.717) is 0 Å². The number of aliphatic hydroxyl groups is 1. The zero-order chi connectivity index (χ0) is 11.3. The summed E-state index contributed by atoms with van der Waals surface area (Å²) in [6.45, 7) is 0. The van der Waals surface area contributed by atoms with Crippen molar-refractivity contribution >= 4 is 0 Å². The number of benzene rings is 1. The summed E-state index contributed by atoms with van der Waals surface area (Å²) in [5.74, 6) is 0. The summed E-state index contributed by atoms with van der Waals surface area (Å²) in [6.07, 6.45) is 10.3. The van der Waals surface area contributed by atoms with E-state index >= 15 is 0 Å². The van der Waals surface area contributed by atoms with Gasteiger partial charge in [0.2, 0.25) is 0 Å². The quantitative estimate of drug-likeness (QED) is 0.764. The second-order valence-electron chi connectivity index (χ2n) is 4.74. The van der Waals surface area contributed by atoms with Crippen molar-refractivity contribution in [3.8, 4) is 0 Å². The molecule has 0 aliphatic heterocycles. The highest BCUT2D eigenvalue weighted by molar-refractivity contribution is 5.15. The molecule has 1 unspecified atom stereocenters. The fourth-order valence-electron chi connectivity index (χ4n) is 2.36. The molecule has 1 nitrogen and oxygen atoms in total. The molecular weight excluding hydrogens is 196 g/mol. The Morgan fingerprint density at radius 2 is 2.00 bits per heavy atom. The van der Waals surface area contributed by atoms with Gasteiger partial charge in [-0.15, -0.1) is 0 Å². The summed E-state index contributed by atoms with van der Waals surface area (Å²) in [5.41, 5.74) is 0.846. The van der Waals surface area contributed by atoms with Crippen LogP contribution >= 0.6 is 0 Å². The minimum atomic E-state index is -0.521. The van der Waals surface area contributed by atoms with Crippen LogP contribution in [0, 0.1) is 0 Å². The van der Waals surface area contributed by atoms with Crippen molar-refractivity contribution in [2.75, 3.05) is 0 Å². The van der Waals surface area contributed by atoms with Gasteiger partial charge in [-0.25, -0.2) is 0 Å². The molecule has 0 radical (unpaired) electrons. The normalized spacial score (nSPS) is 24.6. The molecule has 1 atom stereocenters. The summed E-state index contributed by atoms with van der Waals surface area (Å²) in [7, 11) is 0. The van der Waals surface area contributed by atoms with Gasteiger partial charge in [0.15, 0.2) is 0 Å². The highest BCUT2D eigenvalue weighted by Gasteiger charge is 2.24. The first kappa shape index (κ1) is 11.4. The van der Waals surface area contributed by atoms with Crippen LogP contribution in [-0.2, 0) is 6.42 Å². The average molecular weight is 216 g/mol. The lowest BCUT2D eigenvalue weighted by Gasteiger charge is -2.27. The lowest BCUT2D eigenvalue weighted by atomic mass is 9.86. The molecule has 0 saturated carbocycles. The molecule has 1 heteroatoms. The fourth-order valence-corrected chi connectivity index (χ4v) is 2.36. The van der Waals surface area contributed by atoms with Gasteiger partial charge in [-0.3, -0.25) is 0 Å². The Bertz CT molecular complexity index is 342. The van der Waals surface area contributed by atoms with Gasteiger partial charge in [0.25, 0.3) is 0 Å². The first-order valence-electron chi connectivity index (χ1n) is 6.23.